The number of unbranched alkanes of at least 4 members (excludes halogenated alkanes) is 4. The van der Waals surface area contributed by atoms with Gasteiger partial charge in [0.25, 0.3) is 0 Å². The summed E-state index contributed by atoms with van der Waals surface area (Å²) < 4.78 is 1.28. The van der Waals surface area contributed by atoms with Gasteiger partial charge in [0, 0.05) is 12.2 Å². The van der Waals surface area contributed by atoms with E-state index in [1.165, 1.54) is 94.3 Å². The molecule has 1 aliphatic rings. The molecule has 0 aliphatic carbocycles. The SMILES string of the molecule is CCCCCCCN(CC[N+]1(C)CCCCC1)c1ccccc1. The zero-order valence-corrected chi connectivity index (χ0v) is 15.5. The predicted molar refractivity (Wildman–Crippen MR) is 102 cm³/mol. The molecule has 0 N–H and O–H groups in total. The van der Waals surface area contributed by atoms with Gasteiger partial charge in [-0.25, -0.2) is 0 Å². The summed E-state index contributed by atoms with van der Waals surface area (Å²) >= 11 is 0. The molecular weight excluding hydrogens is 280 g/mol. The summed E-state index contributed by atoms with van der Waals surface area (Å²) in [7, 11) is 2.46. The first-order chi connectivity index (χ1) is 11.2. The van der Waals surface area contributed by atoms with Gasteiger partial charge in [-0.1, -0.05) is 50.8 Å². The summed E-state index contributed by atoms with van der Waals surface area (Å²) in [5.41, 5.74) is 1.41. The van der Waals surface area contributed by atoms with Crippen LogP contribution in [0.1, 0.15) is 58.3 Å². The molecule has 0 unspecified atom stereocenters. The normalized spacial score (nSPS) is 17.1. The van der Waals surface area contributed by atoms with E-state index in [2.05, 4.69) is 49.2 Å². The zero-order valence-electron chi connectivity index (χ0n) is 15.5. The number of likely N-dealkylation sites (N-methyl/N-ethyl adjacent to an activating group) is 1. The first-order valence-electron chi connectivity index (χ1n) is 9.87. The van der Waals surface area contributed by atoms with Gasteiger partial charge in [0.2, 0.25) is 0 Å². The fourth-order valence-corrected chi connectivity index (χ4v) is 3.78. The summed E-state index contributed by atoms with van der Waals surface area (Å²) in [5, 5.41) is 0. The number of hydrogen-bond acceptors (Lipinski definition) is 1. The molecule has 1 heterocycles. The maximum absolute atomic E-state index is 2.63. The average Bonchev–Trinajstić information content (AvgIpc) is 2.59. The Morgan fingerprint density at radius 3 is 2.26 bits per heavy atom. The predicted octanol–water partition coefficient (Wildman–Crippen LogP) is 5.09. The highest BCUT2D eigenvalue weighted by Gasteiger charge is 2.25. The fraction of sp³-hybridized carbons (Fsp3) is 0.714. The quantitative estimate of drug-likeness (QED) is 0.429. The number of hydrogen-bond donors (Lipinski definition) is 0. The minimum absolute atomic E-state index is 1.20. The van der Waals surface area contributed by atoms with E-state index in [1.807, 2.05) is 0 Å². The molecule has 0 amide bonds. The Hall–Kier alpha value is -1.02. The maximum Gasteiger partial charge on any atom is 0.0962 e. The maximum atomic E-state index is 2.63. The van der Waals surface area contributed by atoms with Crippen molar-refractivity contribution in [2.24, 2.45) is 0 Å². The highest BCUT2D eigenvalue weighted by atomic mass is 15.3. The summed E-state index contributed by atoms with van der Waals surface area (Å²) in [4.78, 5) is 2.63. The van der Waals surface area contributed by atoms with Crippen LogP contribution in [0.25, 0.3) is 0 Å². The van der Waals surface area contributed by atoms with Crippen LogP contribution >= 0.6 is 0 Å². The van der Waals surface area contributed by atoms with Crippen LogP contribution in [-0.2, 0) is 0 Å². The third-order valence-electron chi connectivity index (χ3n) is 5.46. The van der Waals surface area contributed by atoms with Crippen molar-refractivity contribution in [2.45, 2.75) is 58.3 Å². The summed E-state index contributed by atoms with van der Waals surface area (Å²) in [6, 6.07) is 11.0. The third-order valence-corrected chi connectivity index (χ3v) is 5.46. The topological polar surface area (TPSA) is 3.24 Å². The van der Waals surface area contributed by atoms with Crippen LogP contribution in [0.4, 0.5) is 5.69 Å². The average molecular weight is 318 g/mol. The second-order valence-corrected chi connectivity index (χ2v) is 7.59. The third kappa shape index (κ3) is 6.55. The molecule has 23 heavy (non-hydrogen) atoms. The van der Waals surface area contributed by atoms with Crippen molar-refractivity contribution >= 4 is 5.69 Å². The molecule has 0 spiro atoms. The van der Waals surface area contributed by atoms with Gasteiger partial charge in [0.1, 0.15) is 0 Å². The van der Waals surface area contributed by atoms with Gasteiger partial charge in [0.15, 0.2) is 0 Å². The van der Waals surface area contributed by atoms with Gasteiger partial charge >= 0.3 is 0 Å². The molecule has 1 aromatic carbocycles. The van der Waals surface area contributed by atoms with Crippen molar-refractivity contribution in [3.05, 3.63) is 30.3 Å². The van der Waals surface area contributed by atoms with Gasteiger partial charge in [-0.2, -0.15) is 0 Å². The number of quaternary nitrogens is 1. The van der Waals surface area contributed by atoms with Crippen molar-refractivity contribution in [1.29, 1.82) is 0 Å². The van der Waals surface area contributed by atoms with Crippen LogP contribution in [0.15, 0.2) is 30.3 Å². The molecule has 0 bridgehead atoms. The van der Waals surface area contributed by atoms with Gasteiger partial charge < -0.3 is 9.38 Å². The molecule has 1 fully saturated rings. The standard InChI is InChI=1S/C21H37N2/c1-3-4-5-6-11-16-22(21-14-9-7-10-15-21)17-20-23(2)18-12-8-13-19-23/h7,9-10,14-15H,3-6,8,11-13,16-20H2,1-2H3/q+1. The number of anilines is 1. The molecule has 1 aromatic rings. The molecule has 0 radical (unpaired) electrons. The molecule has 1 saturated heterocycles. The van der Waals surface area contributed by atoms with Crippen molar-refractivity contribution in [2.75, 3.05) is 44.7 Å². The second-order valence-electron chi connectivity index (χ2n) is 7.59. The Morgan fingerprint density at radius 1 is 0.870 bits per heavy atom. The number of likely N-dealkylation sites (tertiary alicyclic amines) is 1. The van der Waals surface area contributed by atoms with E-state index in [1.54, 1.807) is 0 Å². The van der Waals surface area contributed by atoms with Gasteiger partial charge in [0.05, 0.1) is 33.2 Å². The summed E-state index contributed by atoms with van der Waals surface area (Å²) in [6.07, 6.45) is 11.1. The summed E-state index contributed by atoms with van der Waals surface area (Å²) in [5.74, 6) is 0. The molecular formula is C21H37N2+. The molecule has 2 rings (SSSR count). The highest BCUT2D eigenvalue weighted by Crippen LogP contribution is 2.19. The monoisotopic (exact) mass is 317 g/mol. The molecule has 2 heteroatoms. The van der Waals surface area contributed by atoms with Gasteiger partial charge in [-0.15, -0.1) is 0 Å². The highest BCUT2D eigenvalue weighted by molar-refractivity contribution is 5.45. The largest absolute Gasteiger partial charge is 0.366 e. The fourth-order valence-electron chi connectivity index (χ4n) is 3.78. The second kappa shape index (κ2) is 9.97. The van der Waals surface area contributed by atoms with E-state index in [-0.39, 0.29) is 0 Å². The first kappa shape index (κ1) is 18.3. The molecule has 2 nitrogen and oxygen atoms in total. The molecule has 1 aliphatic heterocycles. The lowest BCUT2D eigenvalue weighted by Crippen LogP contribution is -2.51. The molecule has 0 atom stereocenters. The molecule has 0 saturated carbocycles. The minimum atomic E-state index is 1.20. The van der Waals surface area contributed by atoms with Crippen molar-refractivity contribution in [1.82, 2.24) is 0 Å². The zero-order chi connectivity index (χ0) is 16.4. The smallest absolute Gasteiger partial charge is 0.0962 e. The van der Waals surface area contributed by atoms with E-state index >= 15 is 0 Å². The van der Waals surface area contributed by atoms with Gasteiger partial charge in [-0.3, -0.25) is 0 Å². The van der Waals surface area contributed by atoms with Crippen LogP contribution < -0.4 is 4.90 Å². The number of rotatable bonds is 10. The van der Waals surface area contributed by atoms with E-state index in [0.717, 1.165) is 0 Å². The molecule has 130 valence electrons. The first-order valence-corrected chi connectivity index (χ1v) is 9.87. The van der Waals surface area contributed by atoms with Crippen LogP contribution in [0.5, 0.6) is 0 Å². The van der Waals surface area contributed by atoms with Gasteiger partial charge in [-0.05, 0) is 37.8 Å². The van der Waals surface area contributed by atoms with E-state index < -0.39 is 0 Å². The Kier molecular flexibility index (Phi) is 7.94. The van der Waals surface area contributed by atoms with Crippen LogP contribution in [0.2, 0.25) is 0 Å². The summed E-state index contributed by atoms with van der Waals surface area (Å²) in [6.45, 7) is 8.75. The Morgan fingerprint density at radius 2 is 1.57 bits per heavy atom. The lowest BCUT2D eigenvalue weighted by Gasteiger charge is -2.39. The van der Waals surface area contributed by atoms with Crippen LogP contribution in [0.3, 0.4) is 0 Å². The van der Waals surface area contributed by atoms with E-state index in [4.69, 9.17) is 0 Å². The lowest BCUT2D eigenvalue weighted by molar-refractivity contribution is -0.912. The minimum Gasteiger partial charge on any atom is -0.366 e. The lowest BCUT2D eigenvalue weighted by atomic mass is 10.1. The van der Waals surface area contributed by atoms with Crippen LogP contribution in [-0.4, -0.2) is 44.3 Å². The number of benzene rings is 1. The van der Waals surface area contributed by atoms with Crippen molar-refractivity contribution in [3.63, 3.8) is 0 Å². The van der Waals surface area contributed by atoms with E-state index in [9.17, 15) is 0 Å². The number of nitrogens with zero attached hydrogens (tertiary/aromatic N) is 2. The Balaban J connectivity index is 1.85. The van der Waals surface area contributed by atoms with Crippen LogP contribution in [0, 0.1) is 0 Å². The number of piperidine rings is 1. The van der Waals surface area contributed by atoms with Crippen molar-refractivity contribution < 1.29 is 4.48 Å². The Bertz CT molecular complexity index is 409. The van der Waals surface area contributed by atoms with E-state index in [0.29, 0.717) is 0 Å². The molecule has 0 aromatic heterocycles. The number of para-hydroxylation sites is 1. The van der Waals surface area contributed by atoms with Crippen molar-refractivity contribution in [3.8, 4) is 0 Å². The Labute approximate surface area is 144 Å².